The van der Waals surface area contributed by atoms with Gasteiger partial charge in [0.05, 0.1) is 11.0 Å². The highest BCUT2D eigenvalue weighted by atomic mass is 32.1. The van der Waals surface area contributed by atoms with E-state index >= 15 is 0 Å². The first-order chi connectivity index (χ1) is 16.7. The van der Waals surface area contributed by atoms with Gasteiger partial charge in [0.2, 0.25) is 5.13 Å². The van der Waals surface area contributed by atoms with Gasteiger partial charge in [-0.25, -0.2) is 4.98 Å². The topological polar surface area (TPSA) is 103 Å². The van der Waals surface area contributed by atoms with E-state index in [2.05, 4.69) is 44.6 Å². The van der Waals surface area contributed by atoms with Gasteiger partial charge in [-0.1, -0.05) is 31.3 Å². The molecule has 1 unspecified atom stereocenters. The molecule has 4 rings (SSSR count). The first kappa shape index (κ1) is 24.4. The summed E-state index contributed by atoms with van der Waals surface area (Å²) < 4.78 is 0. The fraction of sp³-hybridized carbons (Fsp3) is 0.480. The van der Waals surface area contributed by atoms with Crippen LogP contribution in [0.15, 0.2) is 30.5 Å². The minimum absolute atomic E-state index is 0.398. The van der Waals surface area contributed by atoms with Gasteiger partial charge in [0.15, 0.2) is 0 Å². The Kier molecular flexibility index (Phi) is 8.67. The Labute approximate surface area is 205 Å². The number of aromatic nitrogens is 4. The Morgan fingerprint density at radius 2 is 2.09 bits per heavy atom. The Morgan fingerprint density at radius 1 is 1.24 bits per heavy atom. The van der Waals surface area contributed by atoms with Crippen LogP contribution in [-0.2, 0) is 0 Å². The summed E-state index contributed by atoms with van der Waals surface area (Å²) in [6.45, 7) is 9.68. The zero-order valence-corrected chi connectivity index (χ0v) is 20.9. The number of pyridine rings is 2. The van der Waals surface area contributed by atoms with Gasteiger partial charge < -0.3 is 20.9 Å². The van der Waals surface area contributed by atoms with E-state index in [9.17, 15) is 0 Å². The van der Waals surface area contributed by atoms with Crippen molar-refractivity contribution in [2.75, 3.05) is 38.0 Å². The highest BCUT2D eigenvalue weighted by Gasteiger charge is 2.12. The van der Waals surface area contributed by atoms with Crippen LogP contribution in [0.4, 0.5) is 10.9 Å². The lowest BCUT2D eigenvalue weighted by Gasteiger charge is -2.14. The third-order valence-corrected chi connectivity index (χ3v) is 7.30. The minimum atomic E-state index is 0.398. The molecule has 1 saturated heterocycles. The molecule has 1 atom stereocenters. The van der Waals surface area contributed by atoms with Crippen LogP contribution in [0.5, 0.6) is 0 Å². The fourth-order valence-corrected chi connectivity index (χ4v) is 4.87. The average Bonchev–Trinajstić information content (AvgIpc) is 3.55. The number of fused-ring (bicyclic) bond motifs is 1. The van der Waals surface area contributed by atoms with Gasteiger partial charge in [-0.15, -0.1) is 10.2 Å². The van der Waals surface area contributed by atoms with Gasteiger partial charge in [-0.05, 0) is 75.6 Å². The SMILES string of the molecule is CCC(C)c1nnc(Nc2ccc3ncc(C(C=N)=CCNCCCN4CCCC4)cc3n2)s1. The van der Waals surface area contributed by atoms with E-state index in [0.717, 1.165) is 58.2 Å². The average molecular weight is 479 g/mol. The number of nitrogens with one attached hydrogen (secondary N) is 3. The maximum atomic E-state index is 7.88. The first-order valence-electron chi connectivity index (χ1n) is 12.2. The summed E-state index contributed by atoms with van der Waals surface area (Å²) in [6.07, 6.45) is 10.1. The number of allylic oxidation sites excluding steroid dienone is 1. The van der Waals surface area contributed by atoms with Crippen molar-refractivity contribution in [1.82, 2.24) is 30.4 Å². The molecule has 1 aliphatic heterocycles. The Hall–Kier alpha value is -2.75. The predicted octanol–water partition coefficient (Wildman–Crippen LogP) is 4.85. The predicted molar refractivity (Wildman–Crippen MR) is 141 cm³/mol. The van der Waals surface area contributed by atoms with Crippen molar-refractivity contribution in [3.8, 4) is 0 Å². The van der Waals surface area contributed by atoms with Crippen molar-refractivity contribution in [1.29, 1.82) is 5.41 Å². The molecular formula is C25H34N8S. The molecule has 3 N–H and O–H groups in total. The van der Waals surface area contributed by atoms with Crippen LogP contribution in [-0.4, -0.2) is 64.0 Å². The summed E-state index contributed by atoms with van der Waals surface area (Å²) in [4.78, 5) is 11.8. The second kappa shape index (κ2) is 12.1. The van der Waals surface area contributed by atoms with E-state index in [1.807, 2.05) is 30.5 Å². The van der Waals surface area contributed by atoms with Gasteiger partial charge in [-0.2, -0.15) is 0 Å². The zero-order chi connectivity index (χ0) is 23.8. The van der Waals surface area contributed by atoms with Gasteiger partial charge >= 0.3 is 0 Å². The molecule has 0 radical (unpaired) electrons. The summed E-state index contributed by atoms with van der Waals surface area (Å²) in [7, 11) is 0. The maximum absolute atomic E-state index is 7.88. The second-order valence-electron chi connectivity index (χ2n) is 8.75. The molecule has 3 aromatic heterocycles. The van der Waals surface area contributed by atoms with Crippen LogP contribution >= 0.6 is 11.3 Å². The molecule has 0 aromatic carbocycles. The number of hydrogen-bond donors (Lipinski definition) is 3. The van der Waals surface area contributed by atoms with Crippen molar-refractivity contribution < 1.29 is 0 Å². The summed E-state index contributed by atoms with van der Waals surface area (Å²) in [5.41, 5.74) is 3.32. The molecule has 1 aliphatic rings. The second-order valence-corrected chi connectivity index (χ2v) is 9.76. The standard InChI is InChI=1S/C25H34N8S/c1-3-18(2)24-31-32-25(34-24)30-23-8-7-21-22(29-23)15-20(17-28-21)19(16-26)9-11-27-10-6-14-33-12-4-5-13-33/h7-9,15-18,26-27H,3-6,10-14H2,1-2H3,(H,29,30,32). The van der Waals surface area contributed by atoms with Gasteiger partial charge in [-0.3, -0.25) is 4.98 Å². The molecule has 3 aromatic rings. The fourth-order valence-electron chi connectivity index (χ4n) is 3.98. The third kappa shape index (κ3) is 6.43. The molecule has 8 nitrogen and oxygen atoms in total. The van der Waals surface area contributed by atoms with Crippen LogP contribution in [0.25, 0.3) is 16.6 Å². The molecule has 0 amide bonds. The zero-order valence-electron chi connectivity index (χ0n) is 20.0. The normalized spacial score (nSPS) is 15.6. The quantitative estimate of drug-likeness (QED) is 0.253. The van der Waals surface area contributed by atoms with Crippen LogP contribution in [0.1, 0.15) is 56.0 Å². The Bertz CT molecular complexity index is 1120. The number of anilines is 2. The van der Waals surface area contributed by atoms with Crippen LogP contribution < -0.4 is 10.6 Å². The van der Waals surface area contributed by atoms with Gasteiger partial charge in [0.1, 0.15) is 10.8 Å². The van der Waals surface area contributed by atoms with Crippen molar-refractivity contribution in [2.45, 2.75) is 45.4 Å². The summed E-state index contributed by atoms with van der Waals surface area (Å²) in [5, 5.41) is 24.9. The van der Waals surface area contributed by atoms with Crippen LogP contribution in [0.3, 0.4) is 0 Å². The minimum Gasteiger partial charge on any atom is -0.315 e. The number of likely N-dealkylation sites (tertiary alicyclic amines) is 1. The number of hydrogen-bond acceptors (Lipinski definition) is 9. The molecule has 0 saturated carbocycles. The molecule has 0 spiro atoms. The molecule has 180 valence electrons. The largest absolute Gasteiger partial charge is 0.315 e. The van der Waals surface area contributed by atoms with Crippen molar-refractivity contribution in [3.63, 3.8) is 0 Å². The highest BCUT2D eigenvalue weighted by Crippen LogP contribution is 2.27. The van der Waals surface area contributed by atoms with E-state index in [-0.39, 0.29) is 0 Å². The molecule has 0 aliphatic carbocycles. The maximum Gasteiger partial charge on any atom is 0.211 e. The van der Waals surface area contributed by atoms with Crippen molar-refractivity contribution in [2.24, 2.45) is 0 Å². The van der Waals surface area contributed by atoms with Crippen LogP contribution in [0.2, 0.25) is 0 Å². The Balaban J connectivity index is 1.37. The molecular weight excluding hydrogens is 444 g/mol. The summed E-state index contributed by atoms with van der Waals surface area (Å²) in [6, 6.07) is 5.84. The van der Waals surface area contributed by atoms with Crippen molar-refractivity contribution in [3.05, 3.63) is 41.0 Å². The lowest BCUT2D eigenvalue weighted by molar-refractivity contribution is 0.332. The van der Waals surface area contributed by atoms with E-state index in [4.69, 9.17) is 10.4 Å². The summed E-state index contributed by atoms with van der Waals surface area (Å²) >= 11 is 1.56. The molecule has 4 heterocycles. The lowest BCUT2D eigenvalue weighted by atomic mass is 10.1. The van der Waals surface area contributed by atoms with Crippen molar-refractivity contribution >= 4 is 45.1 Å². The summed E-state index contributed by atoms with van der Waals surface area (Å²) in [5.74, 6) is 1.11. The monoisotopic (exact) mass is 478 g/mol. The first-order valence-corrected chi connectivity index (χ1v) is 13.0. The number of nitrogens with zero attached hydrogens (tertiary/aromatic N) is 5. The highest BCUT2D eigenvalue weighted by molar-refractivity contribution is 7.15. The number of rotatable bonds is 12. The van der Waals surface area contributed by atoms with E-state index in [1.165, 1.54) is 38.7 Å². The molecule has 1 fully saturated rings. The molecule has 0 bridgehead atoms. The Morgan fingerprint density at radius 3 is 2.88 bits per heavy atom. The third-order valence-electron chi connectivity index (χ3n) is 6.23. The van der Waals surface area contributed by atoms with Gasteiger partial charge in [0.25, 0.3) is 0 Å². The molecule has 9 heteroatoms. The van der Waals surface area contributed by atoms with E-state index < -0.39 is 0 Å². The van der Waals surface area contributed by atoms with E-state index in [1.54, 1.807) is 11.3 Å². The van der Waals surface area contributed by atoms with Crippen LogP contribution in [0, 0.1) is 5.41 Å². The lowest BCUT2D eigenvalue weighted by Crippen LogP contribution is -2.25. The van der Waals surface area contributed by atoms with E-state index in [0.29, 0.717) is 11.7 Å². The molecule has 34 heavy (non-hydrogen) atoms. The van der Waals surface area contributed by atoms with Gasteiger partial charge in [0, 0.05) is 30.4 Å². The smallest absolute Gasteiger partial charge is 0.211 e.